The number of nitro groups is 1. The summed E-state index contributed by atoms with van der Waals surface area (Å²) < 4.78 is 1.54. The Bertz CT molecular complexity index is 697. The molecule has 0 saturated carbocycles. The molecule has 102 valence electrons. The van der Waals surface area contributed by atoms with Gasteiger partial charge in [-0.1, -0.05) is 6.58 Å². The van der Waals surface area contributed by atoms with Gasteiger partial charge in [-0.2, -0.15) is 0 Å². The molecule has 0 aliphatic carbocycles. The Kier molecular flexibility index (Phi) is 3.89. The van der Waals surface area contributed by atoms with E-state index in [1.807, 2.05) is 0 Å². The van der Waals surface area contributed by atoms with Gasteiger partial charge in [-0.25, -0.2) is 0 Å². The van der Waals surface area contributed by atoms with E-state index in [-0.39, 0.29) is 16.2 Å². The predicted molar refractivity (Wildman–Crippen MR) is 74.5 cm³/mol. The lowest BCUT2D eigenvalue weighted by molar-refractivity contribution is -0.390. The van der Waals surface area contributed by atoms with E-state index in [1.165, 1.54) is 23.3 Å². The molecule has 0 saturated heterocycles. The quantitative estimate of drug-likeness (QED) is 0.522. The summed E-state index contributed by atoms with van der Waals surface area (Å²) in [6.45, 7) is 3.34. The number of anilines is 1. The van der Waals surface area contributed by atoms with Crippen LogP contribution in [0.15, 0.2) is 41.8 Å². The van der Waals surface area contributed by atoms with Crippen LogP contribution in [0.1, 0.15) is 0 Å². The van der Waals surface area contributed by atoms with E-state index in [4.69, 9.17) is 0 Å². The summed E-state index contributed by atoms with van der Waals surface area (Å²) in [4.78, 5) is 25.3. The molecular formula is C11H8BrN5O3. The Morgan fingerprint density at radius 2 is 2.30 bits per heavy atom. The van der Waals surface area contributed by atoms with Crippen molar-refractivity contribution in [1.82, 2.24) is 14.8 Å². The standard InChI is InChI=1S/C11H8BrN5O3/c1-2-10(18)14-7-3-8(5-13-4-7)16-6-9(12)11(15-16)17(19)20/h2-6H,1H2,(H,14,18). The molecule has 8 nitrogen and oxygen atoms in total. The molecule has 0 aliphatic rings. The maximum Gasteiger partial charge on any atom is 0.404 e. The second-order valence-electron chi connectivity index (χ2n) is 3.63. The first-order valence-corrected chi connectivity index (χ1v) is 6.09. The fraction of sp³-hybridized carbons (Fsp3) is 0. The van der Waals surface area contributed by atoms with Gasteiger partial charge in [-0.3, -0.25) is 9.78 Å². The summed E-state index contributed by atoms with van der Waals surface area (Å²) in [5, 5.41) is 17.1. The molecule has 0 radical (unpaired) electrons. The third kappa shape index (κ3) is 2.88. The first kappa shape index (κ1) is 13.9. The minimum atomic E-state index is -0.600. The first-order valence-electron chi connectivity index (χ1n) is 5.29. The summed E-state index contributed by atoms with van der Waals surface area (Å²) in [6, 6.07) is 1.58. The molecule has 0 unspecified atom stereocenters. The molecule has 2 heterocycles. The van der Waals surface area contributed by atoms with Crippen molar-refractivity contribution in [3.05, 3.63) is 51.9 Å². The van der Waals surface area contributed by atoms with Crippen LogP contribution in [0.5, 0.6) is 0 Å². The van der Waals surface area contributed by atoms with Crippen molar-refractivity contribution in [2.75, 3.05) is 5.32 Å². The summed E-state index contributed by atoms with van der Waals surface area (Å²) in [5.74, 6) is -0.679. The number of aromatic nitrogens is 3. The molecule has 20 heavy (non-hydrogen) atoms. The minimum Gasteiger partial charge on any atom is -0.358 e. The first-order chi connectivity index (χ1) is 9.51. The molecule has 0 bridgehead atoms. The highest BCUT2D eigenvalue weighted by atomic mass is 79.9. The molecule has 2 aromatic heterocycles. The number of rotatable bonds is 4. The number of halogens is 1. The molecule has 2 aromatic rings. The summed E-state index contributed by atoms with van der Waals surface area (Å²) >= 11 is 3.06. The van der Waals surface area contributed by atoms with Crippen molar-refractivity contribution in [2.45, 2.75) is 0 Å². The van der Waals surface area contributed by atoms with E-state index >= 15 is 0 Å². The van der Waals surface area contributed by atoms with Crippen LogP contribution in [0.25, 0.3) is 5.69 Å². The number of amides is 1. The van der Waals surface area contributed by atoms with Crippen molar-refractivity contribution in [3.63, 3.8) is 0 Å². The SMILES string of the molecule is C=CC(=O)Nc1cncc(-n2cc(Br)c([N+](=O)[O-])n2)c1. The fourth-order valence-corrected chi connectivity index (χ4v) is 1.83. The molecule has 0 fully saturated rings. The number of hydrogen-bond donors (Lipinski definition) is 1. The Morgan fingerprint density at radius 3 is 2.90 bits per heavy atom. The maximum atomic E-state index is 11.2. The van der Waals surface area contributed by atoms with Crippen LogP contribution in [-0.2, 0) is 4.79 Å². The van der Waals surface area contributed by atoms with E-state index in [0.29, 0.717) is 11.4 Å². The average Bonchev–Trinajstić information content (AvgIpc) is 2.81. The zero-order chi connectivity index (χ0) is 14.7. The van der Waals surface area contributed by atoms with Crippen LogP contribution in [-0.4, -0.2) is 25.6 Å². The Labute approximate surface area is 121 Å². The predicted octanol–water partition coefficient (Wildman–Crippen LogP) is 2.06. The molecule has 0 atom stereocenters. The normalized spacial score (nSPS) is 10.1. The van der Waals surface area contributed by atoms with Crippen LogP contribution < -0.4 is 5.32 Å². The zero-order valence-electron chi connectivity index (χ0n) is 9.99. The van der Waals surface area contributed by atoms with Gasteiger partial charge in [0.05, 0.1) is 29.4 Å². The molecule has 1 amide bonds. The van der Waals surface area contributed by atoms with Crippen LogP contribution in [0.3, 0.4) is 0 Å². The largest absolute Gasteiger partial charge is 0.404 e. The van der Waals surface area contributed by atoms with Gasteiger partial charge in [0.1, 0.15) is 10.2 Å². The highest BCUT2D eigenvalue weighted by molar-refractivity contribution is 9.10. The lowest BCUT2D eigenvalue weighted by atomic mass is 10.3. The van der Waals surface area contributed by atoms with E-state index in [0.717, 1.165) is 6.08 Å². The second-order valence-corrected chi connectivity index (χ2v) is 4.48. The van der Waals surface area contributed by atoms with Crippen molar-refractivity contribution in [1.29, 1.82) is 0 Å². The lowest BCUT2D eigenvalue weighted by Gasteiger charge is -2.02. The Morgan fingerprint density at radius 1 is 1.55 bits per heavy atom. The van der Waals surface area contributed by atoms with Crippen molar-refractivity contribution >= 4 is 33.3 Å². The van der Waals surface area contributed by atoms with E-state index in [2.05, 4.69) is 37.9 Å². The highest BCUT2D eigenvalue weighted by Gasteiger charge is 2.19. The van der Waals surface area contributed by atoms with Gasteiger partial charge >= 0.3 is 5.82 Å². The molecule has 0 aliphatic heterocycles. The van der Waals surface area contributed by atoms with Gasteiger partial charge in [-0.15, -0.1) is 4.68 Å². The Balaban J connectivity index is 2.35. The molecular weight excluding hydrogens is 330 g/mol. The summed E-state index contributed by atoms with van der Waals surface area (Å²) in [5.41, 5.74) is 0.905. The van der Waals surface area contributed by atoms with Gasteiger partial charge in [0.15, 0.2) is 0 Å². The van der Waals surface area contributed by atoms with E-state index in [9.17, 15) is 14.9 Å². The molecule has 2 rings (SSSR count). The third-order valence-corrected chi connectivity index (χ3v) is 2.83. The van der Waals surface area contributed by atoms with Gasteiger partial charge < -0.3 is 15.4 Å². The van der Waals surface area contributed by atoms with Crippen LogP contribution >= 0.6 is 15.9 Å². The van der Waals surface area contributed by atoms with E-state index < -0.39 is 4.92 Å². The van der Waals surface area contributed by atoms with Crippen LogP contribution in [0.2, 0.25) is 0 Å². The van der Waals surface area contributed by atoms with Gasteiger partial charge in [0, 0.05) is 0 Å². The van der Waals surface area contributed by atoms with Crippen LogP contribution in [0, 0.1) is 10.1 Å². The van der Waals surface area contributed by atoms with Crippen molar-refractivity contribution < 1.29 is 9.72 Å². The van der Waals surface area contributed by atoms with Crippen molar-refractivity contribution in [3.8, 4) is 5.69 Å². The number of carbonyl (C=O) groups is 1. The number of carbonyl (C=O) groups excluding carboxylic acids is 1. The molecule has 0 spiro atoms. The number of pyridine rings is 1. The minimum absolute atomic E-state index is 0.253. The number of nitrogens with one attached hydrogen (secondary N) is 1. The lowest BCUT2D eigenvalue weighted by Crippen LogP contribution is -2.08. The highest BCUT2D eigenvalue weighted by Crippen LogP contribution is 2.24. The second kappa shape index (κ2) is 5.61. The number of nitrogens with zero attached hydrogens (tertiary/aromatic N) is 4. The fourth-order valence-electron chi connectivity index (χ4n) is 1.41. The van der Waals surface area contributed by atoms with Gasteiger partial charge in [0.25, 0.3) is 0 Å². The Hall–Kier alpha value is -2.55. The van der Waals surface area contributed by atoms with Crippen LogP contribution in [0.4, 0.5) is 11.5 Å². The molecule has 0 aromatic carbocycles. The monoisotopic (exact) mass is 337 g/mol. The maximum absolute atomic E-state index is 11.2. The molecule has 1 N–H and O–H groups in total. The van der Waals surface area contributed by atoms with Gasteiger partial charge in [0.2, 0.25) is 5.91 Å². The van der Waals surface area contributed by atoms with Gasteiger partial charge in [-0.05, 0) is 33.0 Å². The zero-order valence-corrected chi connectivity index (χ0v) is 11.6. The number of hydrogen-bond acceptors (Lipinski definition) is 5. The van der Waals surface area contributed by atoms with E-state index in [1.54, 1.807) is 6.07 Å². The smallest absolute Gasteiger partial charge is 0.358 e. The summed E-state index contributed by atoms with van der Waals surface area (Å²) in [6.07, 6.45) is 5.47. The average molecular weight is 338 g/mol. The topological polar surface area (TPSA) is 103 Å². The summed E-state index contributed by atoms with van der Waals surface area (Å²) in [7, 11) is 0. The third-order valence-electron chi connectivity index (χ3n) is 2.27. The molecule has 9 heteroatoms. The van der Waals surface area contributed by atoms with Crippen molar-refractivity contribution in [2.24, 2.45) is 0 Å².